The van der Waals surface area contributed by atoms with E-state index in [4.69, 9.17) is 87.6 Å². The number of aromatic nitrogens is 6. The van der Waals surface area contributed by atoms with Crippen LogP contribution in [0.5, 0.6) is 28.7 Å². The molecule has 0 spiro atoms. The second-order valence-corrected chi connectivity index (χ2v) is 43.9. The summed E-state index contributed by atoms with van der Waals surface area (Å²) in [4.78, 5) is 77.3. The molecular weight excluding hydrogens is 1920 g/mol. The Labute approximate surface area is 818 Å². The number of aliphatic hydroxyl groups excluding tert-OH is 4. The van der Waals surface area contributed by atoms with Gasteiger partial charge in [-0.25, -0.2) is 15.0 Å². The van der Waals surface area contributed by atoms with E-state index in [1.807, 2.05) is 73.2 Å². The molecule has 2 saturated heterocycles. The summed E-state index contributed by atoms with van der Waals surface area (Å²) in [7, 11) is 11.3. The summed E-state index contributed by atoms with van der Waals surface area (Å²) < 4.78 is 101. The topological polar surface area (TPSA) is 510 Å². The van der Waals surface area contributed by atoms with Crippen molar-refractivity contribution in [1.82, 2.24) is 49.5 Å². The third-order valence-corrected chi connectivity index (χ3v) is 25.4. The molecule has 41 nitrogen and oxygen atoms in total. The number of methoxy groups -OCH3 is 3. The van der Waals surface area contributed by atoms with Gasteiger partial charge in [0.25, 0.3) is 0 Å². The Hall–Kier alpha value is -10.9. The van der Waals surface area contributed by atoms with Crippen LogP contribution in [-0.2, 0) is 42.2 Å². The number of anilines is 13. The number of nitrogens with zero attached hydrogens (tertiary/aromatic N) is 12. The maximum Gasteiger partial charge on any atom is 0.313 e. The number of amides is 1. The van der Waals surface area contributed by atoms with Crippen molar-refractivity contribution in [2.45, 2.75) is 63.4 Å². The van der Waals surface area contributed by atoms with Gasteiger partial charge in [0.2, 0.25) is 35.3 Å². The monoisotopic (exact) mass is 2040 g/mol. The summed E-state index contributed by atoms with van der Waals surface area (Å²) in [6, 6.07) is 28.8. The number of Topliss-reactive ketones (excluding diaryl/α,β-unsaturated/α-hetero) is 1. The maximum absolute atomic E-state index is 13.9. The lowest BCUT2D eigenvalue weighted by atomic mass is 10.2. The van der Waals surface area contributed by atoms with Crippen molar-refractivity contribution in [1.29, 1.82) is 0 Å². The van der Waals surface area contributed by atoms with Gasteiger partial charge in [-0.2, -0.15) is 19.3 Å². The summed E-state index contributed by atoms with van der Waals surface area (Å²) in [5, 5.41) is 82.4. The first kappa shape index (κ1) is 118. The molecule has 9 aromatic rings. The van der Waals surface area contributed by atoms with E-state index in [1.165, 1.54) is 52.1 Å². The van der Waals surface area contributed by atoms with Gasteiger partial charge in [-0.15, -0.1) is 0 Å². The van der Waals surface area contributed by atoms with Gasteiger partial charge < -0.3 is 134 Å². The van der Waals surface area contributed by atoms with Gasteiger partial charge >= 0.3 is 11.4 Å². The van der Waals surface area contributed by atoms with E-state index in [0.29, 0.717) is 67.7 Å². The molecule has 2 unspecified atom stereocenters. The minimum Gasteiger partial charge on any atom is -0.494 e. The third kappa shape index (κ3) is 36.7. The highest BCUT2D eigenvalue weighted by atomic mass is 35.5. The predicted octanol–water partition coefficient (Wildman–Crippen LogP) is 12.9. The number of carbonyl (C=O) groups excluding carboxylic acids is 2. The lowest BCUT2D eigenvalue weighted by molar-refractivity contribution is -0.387. The zero-order chi connectivity index (χ0) is 102. The quantitative estimate of drug-likeness (QED) is 0.00571. The largest absolute Gasteiger partial charge is 0.494 e. The van der Waals surface area contributed by atoms with E-state index >= 15 is 0 Å². The van der Waals surface area contributed by atoms with Crippen LogP contribution in [0.1, 0.15) is 27.7 Å². The van der Waals surface area contributed by atoms with E-state index in [-0.39, 0.29) is 170 Å². The van der Waals surface area contributed by atoms with Gasteiger partial charge in [-0.1, -0.05) is 77.8 Å². The van der Waals surface area contributed by atoms with Crippen LogP contribution in [0.4, 0.5) is 90.9 Å². The van der Waals surface area contributed by atoms with Crippen LogP contribution in [0.2, 0.25) is 15.1 Å². The van der Waals surface area contributed by atoms with Crippen LogP contribution in [0.3, 0.4) is 0 Å². The summed E-state index contributed by atoms with van der Waals surface area (Å²) in [6.45, 7) is 22.8. The van der Waals surface area contributed by atoms with E-state index < -0.39 is 54.5 Å². The highest BCUT2D eigenvalue weighted by molar-refractivity contribution is 7.71. The summed E-state index contributed by atoms with van der Waals surface area (Å²) in [5.41, 5.74) is 1.81. The molecule has 138 heavy (non-hydrogen) atoms. The second kappa shape index (κ2) is 54.6. The Morgan fingerprint density at radius 2 is 0.833 bits per heavy atom. The molecule has 11 N–H and O–H groups in total. The van der Waals surface area contributed by atoms with Crippen LogP contribution in [0.25, 0.3) is 0 Å². The number of hydrogen-bond acceptors (Lipinski definition) is 38. The third-order valence-electron chi connectivity index (χ3n) is 19.9. The molecule has 0 aliphatic carbocycles. The molecule has 2 aliphatic rings. The molecule has 0 bridgehead atoms. The standard InChI is InChI=1S/C27H34ClN6O5P.C24H30ClN6O6P.C19H18ClFN5O4P.C8H17NO2.C6H10O3.C5H13NO2.B/c1-7-25(36)30-21-12-20(22(38-4)13-23(21)39-16-17(15-35)34(2)3)32-27-29-14-18(28)26(33-27)31-19-10-8-9-11-24(19)40(5,6)37;1-30(2)15(13-32)14-37-21-11-20(36-3)18(10-19(21)31(33)34)28-24-26-12-16(25)23(29-24)27-17-8-6-7-9-22(17)38(4,5)35;1-30-16-8-12(21)15(26(27)28)9-14(16)24-19-22-10-11(20)18(25-19)23-13-6-4-5-7-17(13)31(2,3)29;1-8(2)10-5-7(6-11-8)9(3)4;1-6(2)8-3-5(7)4-9-6;1-6(2)5(3-7)4-8;/h7-14,17,35H,1,15-16H2,2-6H3,(H,30,36)(H2,29,31,32,33);6-12,15,32H,13-14H2,1-5H3,(H2,26,27,28,29);4-10H,1-3H3,(H2,22,23,24,25);7H,5-6H2,1-4H3;3-4H2,1-2H3;5,7-8H,3-4H2,1-2H3;. The number of carbonyl (C=O) groups is 2. The molecular formula is C89H122BCl3FN19O22P3. The molecule has 49 heteroatoms. The molecule has 5 heterocycles. The predicted molar refractivity (Wildman–Crippen MR) is 540 cm³/mol. The summed E-state index contributed by atoms with van der Waals surface area (Å²) in [6.07, 6.45) is 5.26. The summed E-state index contributed by atoms with van der Waals surface area (Å²) in [5.74, 6) is -0.382. The molecule has 3 aromatic heterocycles. The number of nitro groups is 2. The minimum atomic E-state index is -2.60. The number of ether oxygens (including phenoxy) is 9. The highest BCUT2D eigenvalue weighted by Crippen LogP contribution is 2.45. The number of nitrogens with one attached hydrogen (secondary N) is 7. The molecule has 6 aromatic carbocycles. The number of likely N-dealkylation sites (N-methyl/N-ethyl adjacent to an activating group) is 4. The molecule has 0 saturated carbocycles. The Bertz CT molecular complexity index is 5710. The van der Waals surface area contributed by atoms with Crippen LogP contribution in [-0.4, -0.2) is 319 Å². The van der Waals surface area contributed by atoms with Crippen LogP contribution in [0, 0.1) is 26.0 Å². The molecule has 1 amide bonds. The highest BCUT2D eigenvalue weighted by Gasteiger charge is 2.32. The van der Waals surface area contributed by atoms with Crippen LogP contribution >= 0.6 is 56.2 Å². The Kier molecular flexibility index (Phi) is 46.5. The fourth-order valence-electron chi connectivity index (χ4n) is 11.7. The van der Waals surface area contributed by atoms with E-state index in [1.54, 1.807) is 151 Å². The van der Waals surface area contributed by atoms with E-state index in [9.17, 15) is 58.1 Å². The second-order valence-electron chi connectivity index (χ2n) is 33.2. The molecule has 751 valence electrons. The van der Waals surface area contributed by atoms with Crippen molar-refractivity contribution in [3.05, 3.63) is 182 Å². The first-order chi connectivity index (χ1) is 64.3. The van der Waals surface area contributed by atoms with Gasteiger partial charge in [-0.05, 0) is 173 Å². The van der Waals surface area contributed by atoms with Crippen LogP contribution in [0.15, 0.2) is 140 Å². The smallest absolute Gasteiger partial charge is 0.313 e. The number of nitro benzene ring substituents is 2. The first-order valence-electron chi connectivity index (χ1n) is 41.9. The SMILES string of the molecule is C=CC(=O)Nc1cc(Nc2ncc(Cl)c(Nc3ccccc3P(C)(C)=O)n2)c(OC)cc1OCC(CO)N(C)C.CC1(C)OCC(=O)CO1.CN(C)C(CO)CO.CN(C)C1COC(C)(C)OC1.COc1cc(F)c([N+](=O)[O-])cc1Nc1ncc(Cl)c(Nc2ccccc2P(C)(C)=O)n1.COc1cc(OCC(CO)N(C)C)c([N+](=O)[O-])cc1Nc1ncc(Cl)c(Nc2ccccc2P(C)(C)=O)n1.[B]. The number of benzene rings is 6. The normalized spacial score (nSPS) is 13.8. The average Bonchev–Trinajstić information content (AvgIpc) is 0.806. The van der Waals surface area contributed by atoms with Crippen molar-refractivity contribution in [2.75, 3.05) is 221 Å². The van der Waals surface area contributed by atoms with Gasteiger partial charge in [0.15, 0.2) is 34.8 Å². The van der Waals surface area contributed by atoms with Crippen molar-refractivity contribution in [2.24, 2.45) is 0 Å². The van der Waals surface area contributed by atoms with Gasteiger partial charge in [-0.3, -0.25) is 29.8 Å². The van der Waals surface area contributed by atoms with Gasteiger partial charge in [0.1, 0.15) is 85.9 Å². The molecule has 2 atom stereocenters. The number of rotatable bonds is 36. The number of aliphatic hydroxyl groups is 4. The zero-order valence-corrected chi connectivity index (χ0v) is 85.7. The minimum absolute atomic E-state index is 0. The van der Waals surface area contributed by atoms with E-state index in [2.05, 4.69) is 78.6 Å². The maximum atomic E-state index is 13.9. The van der Waals surface area contributed by atoms with Gasteiger partial charge in [0.05, 0.1) is 153 Å². The van der Waals surface area contributed by atoms with Crippen molar-refractivity contribution in [3.63, 3.8) is 0 Å². The van der Waals surface area contributed by atoms with Crippen molar-refractivity contribution in [3.8, 4) is 28.7 Å². The lowest BCUT2D eigenvalue weighted by Gasteiger charge is -2.37. The first-order valence-corrected chi connectivity index (χ1v) is 50.9. The molecule has 2 fully saturated rings. The zero-order valence-electron chi connectivity index (χ0n) is 80.7. The Morgan fingerprint density at radius 3 is 1.14 bits per heavy atom. The van der Waals surface area contributed by atoms with Crippen molar-refractivity contribution >= 4 is 179 Å². The number of ketones is 1. The number of hydrogen-bond donors (Lipinski definition) is 11. The molecule has 2 aliphatic heterocycles. The number of para-hydroxylation sites is 3. The molecule has 3 radical (unpaired) electrons. The lowest BCUT2D eigenvalue weighted by Crippen LogP contribution is -2.47. The van der Waals surface area contributed by atoms with Crippen LogP contribution < -0.4 is 76.8 Å². The fraction of sp³-hybridized carbons (Fsp3) is 0.416. The van der Waals surface area contributed by atoms with Crippen molar-refractivity contribution < 1.29 is 101 Å². The average molecular weight is 2040 g/mol. The fourth-order valence-corrected chi connectivity index (χ4v) is 15.6. The summed E-state index contributed by atoms with van der Waals surface area (Å²) >= 11 is 18.9. The Morgan fingerprint density at radius 1 is 0.507 bits per heavy atom. The number of halogens is 4. The van der Waals surface area contributed by atoms with Gasteiger partial charge in [0, 0.05) is 54.7 Å². The van der Waals surface area contributed by atoms with E-state index in [0.717, 1.165) is 31.4 Å². The Balaban J connectivity index is 0.000000319. The molecule has 11 rings (SSSR count).